The molecule has 0 N–H and O–H groups in total. The van der Waals surface area contributed by atoms with Crippen LogP contribution in [0.5, 0.6) is 0 Å². The van der Waals surface area contributed by atoms with Gasteiger partial charge in [-0.05, 0) is 24.6 Å². The van der Waals surface area contributed by atoms with Crippen molar-refractivity contribution in [3.05, 3.63) is 17.5 Å². The van der Waals surface area contributed by atoms with Crippen molar-refractivity contribution in [1.82, 2.24) is 4.57 Å². The summed E-state index contributed by atoms with van der Waals surface area (Å²) in [6.07, 6.45) is 2.81. The third-order valence-corrected chi connectivity index (χ3v) is 2.19. The lowest BCUT2D eigenvalue weighted by Gasteiger charge is -2.19. The molecule has 82 valence electrons. The fourth-order valence-corrected chi connectivity index (χ4v) is 1.67. The van der Waals surface area contributed by atoms with Crippen LogP contribution in [0.1, 0.15) is 36.8 Å². The quantitative estimate of drug-likeness (QED) is 0.553. The fourth-order valence-electron chi connectivity index (χ4n) is 1.67. The molecule has 15 heavy (non-hydrogen) atoms. The lowest BCUT2D eigenvalue weighted by Crippen LogP contribution is -2.16. The van der Waals surface area contributed by atoms with Gasteiger partial charge in [-0.15, -0.1) is 0 Å². The van der Waals surface area contributed by atoms with E-state index in [2.05, 4.69) is 32.5 Å². The van der Waals surface area contributed by atoms with E-state index in [4.69, 9.17) is 0 Å². The summed E-state index contributed by atoms with van der Waals surface area (Å²) in [6.45, 7) is 12.6. The van der Waals surface area contributed by atoms with Gasteiger partial charge in [-0.3, -0.25) is 9.79 Å². The van der Waals surface area contributed by atoms with Crippen LogP contribution in [0.15, 0.2) is 11.2 Å². The maximum absolute atomic E-state index is 11.0. The molecule has 0 saturated carbocycles. The minimum Gasteiger partial charge on any atom is -0.343 e. The molecule has 3 nitrogen and oxygen atoms in total. The number of aryl methyl sites for hydroxylation is 1. The molecular weight excluding hydrogens is 188 g/mol. The number of aldehydes is 1. The monoisotopic (exact) mass is 206 g/mol. The highest BCUT2D eigenvalue weighted by Crippen LogP contribution is 2.27. The number of hydrogen-bond acceptors (Lipinski definition) is 2. The summed E-state index contributed by atoms with van der Waals surface area (Å²) in [5.74, 6) is 0. The maximum atomic E-state index is 11.0. The minimum absolute atomic E-state index is 0.141. The Labute approximate surface area is 90.8 Å². The molecule has 0 aliphatic heterocycles. The Morgan fingerprint density at radius 3 is 2.53 bits per heavy atom. The number of rotatable bonds is 3. The Balaban J connectivity index is 3.19. The van der Waals surface area contributed by atoms with E-state index >= 15 is 0 Å². The molecule has 0 amide bonds. The number of carbonyl (C=O) groups excluding carboxylic acids is 1. The van der Waals surface area contributed by atoms with Gasteiger partial charge in [-0.25, -0.2) is 0 Å². The number of carbonyl (C=O) groups is 1. The summed E-state index contributed by atoms with van der Waals surface area (Å²) < 4.78 is 1.95. The number of hydrogen-bond donors (Lipinski definition) is 0. The van der Waals surface area contributed by atoms with Gasteiger partial charge < -0.3 is 4.57 Å². The summed E-state index contributed by atoms with van der Waals surface area (Å²) in [4.78, 5) is 14.9. The average molecular weight is 206 g/mol. The second-order valence-corrected chi connectivity index (χ2v) is 5.01. The summed E-state index contributed by atoms with van der Waals surface area (Å²) in [7, 11) is 0. The van der Waals surface area contributed by atoms with E-state index in [1.165, 1.54) is 0 Å². The first kappa shape index (κ1) is 11.7. The van der Waals surface area contributed by atoms with Crippen LogP contribution < -0.4 is 0 Å². The van der Waals surface area contributed by atoms with Gasteiger partial charge in [0.1, 0.15) is 5.69 Å². The van der Waals surface area contributed by atoms with Crippen LogP contribution in [0.3, 0.4) is 0 Å². The molecule has 3 heteroatoms. The Morgan fingerprint density at radius 1 is 1.53 bits per heavy atom. The van der Waals surface area contributed by atoms with Gasteiger partial charge in [0, 0.05) is 12.7 Å². The predicted octanol–water partition coefficient (Wildman–Crippen LogP) is 2.99. The molecule has 0 aromatic carbocycles. The van der Waals surface area contributed by atoms with Crippen molar-refractivity contribution in [1.29, 1.82) is 0 Å². The highest BCUT2D eigenvalue weighted by atomic mass is 16.1. The van der Waals surface area contributed by atoms with Crippen LogP contribution in [0.2, 0.25) is 0 Å². The zero-order valence-electron chi connectivity index (χ0n) is 9.87. The number of aliphatic imine (C=N–C) groups is 1. The molecule has 0 fully saturated rings. The van der Waals surface area contributed by atoms with Crippen LogP contribution in [0, 0.1) is 12.3 Å². The van der Waals surface area contributed by atoms with Crippen molar-refractivity contribution < 1.29 is 4.79 Å². The summed E-state index contributed by atoms with van der Waals surface area (Å²) in [5.41, 5.74) is 2.46. The standard InChI is InChI=1S/C12H18N2O/c1-9-6-14(8-12(2,3)4)10(7-15)11(9)13-5/h6-7H,5,8H2,1-4H3. The van der Waals surface area contributed by atoms with Gasteiger partial charge >= 0.3 is 0 Å². The average Bonchev–Trinajstić information content (AvgIpc) is 2.37. The lowest BCUT2D eigenvalue weighted by atomic mass is 9.97. The molecule has 0 aliphatic rings. The number of nitrogens with zero attached hydrogens (tertiary/aromatic N) is 2. The Kier molecular flexibility index (Phi) is 3.12. The molecule has 0 aliphatic carbocycles. The smallest absolute Gasteiger partial charge is 0.168 e. The highest BCUT2D eigenvalue weighted by molar-refractivity contribution is 5.83. The third-order valence-electron chi connectivity index (χ3n) is 2.19. The SMILES string of the molecule is C=Nc1c(C)cn(CC(C)(C)C)c1C=O. The van der Waals surface area contributed by atoms with Crippen LogP contribution in [-0.4, -0.2) is 17.6 Å². The van der Waals surface area contributed by atoms with Crippen molar-refractivity contribution in [2.75, 3.05) is 0 Å². The zero-order valence-corrected chi connectivity index (χ0v) is 9.87. The van der Waals surface area contributed by atoms with Gasteiger partial charge in [0.05, 0.1) is 5.69 Å². The van der Waals surface area contributed by atoms with Crippen LogP contribution in [0.25, 0.3) is 0 Å². The topological polar surface area (TPSA) is 34.4 Å². The van der Waals surface area contributed by atoms with Crippen LogP contribution in [-0.2, 0) is 6.54 Å². The van der Waals surface area contributed by atoms with E-state index in [0.717, 1.165) is 18.4 Å². The molecule has 0 saturated heterocycles. The van der Waals surface area contributed by atoms with Crippen molar-refractivity contribution in [3.63, 3.8) is 0 Å². The van der Waals surface area contributed by atoms with Crippen LogP contribution in [0.4, 0.5) is 5.69 Å². The van der Waals surface area contributed by atoms with Gasteiger partial charge in [0.15, 0.2) is 6.29 Å². The summed E-state index contributed by atoms with van der Waals surface area (Å²) in [5, 5.41) is 0. The van der Waals surface area contributed by atoms with E-state index in [-0.39, 0.29) is 5.41 Å². The van der Waals surface area contributed by atoms with Crippen molar-refractivity contribution >= 4 is 18.7 Å². The van der Waals surface area contributed by atoms with E-state index in [1.54, 1.807) is 0 Å². The largest absolute Gasteiger partial charge is 0.343 e. The Hall–Kier alpha value is -1.38. The fraction of sp³-hybridized carbons (Fsp3) is 0.500. The van der Waals surface area contributed by atoms with Crippen molar-refractivity contribution in [2.45, 2.75) is 34.2 Å². The first-order chi connectivity index (χ1) is 6.89. The molecule has 1 rings (SSSR count). The zero-order chi connectivity index (χ0) is 11.6. The van der Waals surface area contributed by atoms with E-state index in [9.17, 15) is 4.79 Å². The first-order valence-corrected chi connectivity index (χ1v) is 5.00. The van der Waals surface area contributed by atoms with E-state index in [0.29, 0.717) is 11.4 Å². The molecule has 0 unspecified atom stereocenters. The minimum atomic E-state index is 0.141. The Bertz CT molecular complexity index is 383. The summed E-state index contributed by atoms with van der Waals surface area (Å²) >= 11 is 0. The maximum Gasteiger partial charge on any atom is 0.168 e. The molecule has 1 aromatic rings. The van der Waals surface area contributed by atoms with Gasteiger partial charge in [-0.1, -0.05) is 20.8 Å². The van der Waals surface area contributed by atoms with Crippen LogP contribution >= 0.6 is 0 Å². The molecular formula is C12H18N2O. The summed E-state index contributed by atoms with van der Waals surface area (Å²) in [6, 6.07) is 0. The Morgan fingerprint density at radius 2 is 2.13 bits per heavy atom. The second kappa shape index (κ2) is 4.01. The molecule has 0 bridgehead atoms. The van der Waals surface area contributed by atoms with Gasteiger partial charge in [0.25, 0.3) is 0 Å². The first-order valence-electron chi connectivity index (χ1n) is 5.00. The second-order valence-electron chi connectivity index (χ2n) is 5.01. The molecule has 0 spiro atoms. The molecule has 1 heterocycles. The van der Waals surface area contributed by atoms with E-state index < -0.39 is 0 Å². The van der Waals surface area contributed by atoms with Gasteiger partial charge in [-0.2, -0.15) is 0 Å². The van der Waals surface area contributed by atoms with E-state index in [1.807, 2.05) is 17.7 Å². The predicted molar refractivity (Wildman–Crippen MR) is 63.2 cm³/mol. The third kappa shape index (κ3) is 2.55. The normalized spacial score (nSPS) is 11.5. The van der Waals surface area contributed by atoms with Crippen molar-refractivity contribution in [3.8, 4) is 0 Å². The van der Waals surface area contributed by atoms with Gasteiger partial charge in [0.2, 0.25) is 0 Å². The molecule has 1 aromatic heterocycles. The molecule has 0 radical (unpaired) electrons. The van der Waals surface area contributed by atoms with Crippen molar-refractivity contribution in [2.24, 2.45) is 10.4 Å². The number of aromatic nitrogens is 1. The lowest BCUT2D eigenvalue weighted by molar-refractivity contribution is 0.111. The molecule has 0 atom stereocenters. The highest BCUT2D eigenvalue weighted by Gasteiger charge is 2.17.